The molecule has 42 heavy (non-hydrogen) atoms. The fourth-order valence-corrected chi connectivity index (χ4v) is 4.78. The number of hydrogen-bond acceptors (Lipinski definition) is 8. The van der Waals surface area contributed by atoms with Gasteiger partial charge in [-0.2, -0.15) is 0 Å². The lowest BCUT2D eigenvalue weighted by Gasteiger charge is -2.31. The van der Waals surface area contributed by atoms with Crippen LogP contribution in [0.2, 0.25) is 0 Å². The number of ether oxygens (including phenoxy) is 4. The van der Waals surface area contributed by atoms with Gasteiger partial charge in [0.2, 0.25) is 5.90 Å². The van der Waals surface area contributed by atoms with Crippen molar-refractivity contribution in [3.8, 4) is 5.75 Å². The highest BCUT2D eigenvalue weighted by atomic mass is 16.7. The second kappa shape index (κ2) is 15.0. The van der Waals surface area contributed by atoms with Crippen LogP contribution in [0, 0.1) is 0 Å². The number of aliphatic hydroxyl groups is 1. The molecule has 220 valence electrons. The Labute approximate surface area is 244 Å². The molecule has 11 nitrogen and oxygen atoms in total. The van der Waals surface area contributed by atoms with Crippen LogP contribution in [0.15, 0.2) is 89.0 Å². The quantitative estimate of drug-likeness (QED) is 0.0900. The topological polar surface area (TPSA) is 147 Å². The minimum absolute atomic E-state index is 0.0508. The second-order valence-electron chi connectivity index (χ2n) is 9.65. The lowest BCUT2D eigenvalue weighted by molar-refractivity contribution is -0.134. The third kappa shape index (κ3) is 7.26. The first-order valence-corrected chi connectivity index (χ1v) is 13.6. The molecule has 0 aliphatic carbocycles. The number of nitrogens with zero attached hydrogens (tertiary/aromatic N) is 4. The van der Waals surface area contributed by atoms with Gasteiger partial charge in [-0.25, -0.2) is 4.99 Å². The van der Waals surface area contributed by atoms with Gasteiger partial charge in [-0.05, 0) is 46.5 Å². The highest BCUT2D eigenvalue weighted by Gasteiger charge is 2.53. The SMILES string of the molecule is COC(CNC(=O)[C@]1(Cc2ccccc2CN=[N+]=[N-])N=C(c2ccc(OCCCO)cc2)O[C@@H]1c1ccccc1)OC. The lowest BCUT2D eigenvalue weighted by Crippen LogP contribution is -2.51. The molecule has 0 fully saturated rings. The number of aliphatic imine (C=N–C) groups is 1. The van der Waals surface area contributed by atoms with E-state index in [4.69, 9.17) is 34.6 Å². The van der Waals surface area contributed by atoms with Gasteiger partial charge in [-0.1, -0.05) is 59.7 Å². The monoisotopic (exact) mass is 573 g/mol. The molecule has 0 spiro atoms. The molecule has 1 aliphatic heterocycles. The molecule has 4 rings (SSSR count). The number of carbonyl (C=O) groups is 1. The van der Waals surface area contributed by atoms with Crippen LogP contribution in [0.25, 0.3) is 10.4 Å². The van der Waals surface area contributed by atoms with Crippen molar-refractivity contribution >= 4 is 11.8 Å². The van der Waals surface area contributed by atoms with Crippen molar-refractivity contribution in [2.24, 2.45) is 10.1 Å². The maximum Gasteiger partial charge on any atom is 0.252 e. The van der Waals surface area contributed by atoms with Crippen molar-refractivity contribution in [1.29, 1.82) is 0 Å². The molecule has 11 heteroatoms. The van der Waals surface area contributed by atoms with Gasteiger partial charge >= 0.3 is 0 Å². The van der Waals surface area contributed by atoms with Gasteiger partial charge in [0.05, 0.1) is 19.7 Å². The van der Waals surface area contributed by atoms with Crippen molar-refractivity contribution in [1.82, 2.24) is 5.32 Å². The van der Waals surface area contributed by atoms with Gasteiger partial charge in [-0.15, -0.1) is 0 Å². The van der Waals surface area contributed by atoms with E-state index in [1.807, 2.05) is 66.7 Å². The number of methoxy groups -OCH3 is 2. The van der Waals surface area contributed by atoms with Gasteiger partial charge < -0.3 is 29.4 Å². The first kappa shape index (κ1) is 30.5. The summed E-state index contributed by atoms with van der Waals surface area (Å²) in [7, 11) is 3.00. The normalized spacial score (nSPS) is 17.7. The van der Waals surface area contributed by atoms with Crippen LogP contribution in [0.5, 0.6) is 5.75 Å². The summed E-state index contributed by atoms with van der Waals surface area (Å²) in [5, 5.41) is 15.7. The van der Waals surface area contributed by atoms with E-state index in [0.29, 0.717) is 30.2 Å². The van der Waals surface area contributed by atoms with Crippen LogP contribution in [-0.2, 0) is 32.0 Å². The van der Waals surface area contributed by atoms with E-state index >= 15 is 0 Å². The standard InChI is InChI=1S/C31H35N5O6/c1-39-27(40-2)21-33-30(38)31(19-24-11-6-7-12-25(24)20-34-36-32)28(22-9-4-3-5-10-22)42-29(35-31)23-13-15-26(16-14-23)41-18-8-17-37/h3-7,9-16,27-28,37H,8,17-21H2,1-2H3,(H,33,38)/t28-,31-/m1/s1. The largest absolute Gasteiger partial charge is 0.494 e. The predicted octanol–water partition coefficient (Wildman–Crippen LogP) is 4.49. The Morgan fingerprint density at radius 3 is 2.43 bits per heavy atom. The first-order chi connectivity index (χ1) is 20.5. The summed E-state index contributed by atoms with van der Waals surface area (Å²) in [4.78, 5) is 22.2. The summed E-state index contributed by atoms with van der Waals surface area (Å²) in [5.74, 6) is 0.586. The molecule has 1 aliphatic rings. The molecule has 0 radical (unpaired) electrons. The van der Waals surface area contributed by atoms with Crippen molar-refractivity contribution in [3.05, 3.63) is 112 Å². The molecule has 0 saturated heterocycles. The fourth-order valence-electron chi connectivity index (χ4n) is 4.78. The molecule has 3 aromatic carbocycles. The average Bonchev–Trinajstić information content (AvgIpc) is 3.42. The number of hydrogen-bond donors (Lipinski definition) is 2. The molecular weight excluding hydrogens is 538 g/mol. The Morgan fingerprint density at radius 1 is 1.07 bits per heavy atom. The van der Waals surface area contributed by atoms with E-state index in [1.165, 1.54) is 14.2 Å². The number of carbonyl (C=O) groups excluding carboxylic acids is 1. The smallest absolute Gasteiger partial charge is 0.252 e. The van der Waals surface area contributed by atoms with E-state index in [9.17, 15) is 4.79 Å². The zero-order chi connectivity index (χ0) is 29.8. The maximum absolute atomic E-state index is 14.3. The van der Waals surface area contributed by atoms with Crippen molar-refractivity contribution in [3.63, 3.8) is 0 Å². The summed E-state index contributed by atoms with van der Waals surface area (Å²) >= 11 is 0. The third-order valence-electron chi connectivity index (χ3n) is 6.97. The van der Waals surface area contributed by atoms with Crippen molar-refractivity contribution < 1.29 is 28.8 Å². The molecule has 2 atom stereocenters. The summed E-state index contributed by atoms with van der Waals surface area (Å²) in [6.07, 6.45) is -0.721. The van der Waals surface area contributed by atoms with Crippen LogP contribution < -0.4 is 10.1 Å². The number of rotatable bonds is 15. The average molecular weight is 574 g/mol. The van der Waals surface area contributed by atoms with Crippen molar-refractivity contribution in [2.45, 2.75) is 37.3 Å². The number of nitrogens with one attached hydrogen (secondary N) is 1. The summed E-state index contributed by atoms with van der Waals surface area (Å²) in [6.45, 7) is 0.673. The second-order valence-corrected chi connectivity index (χ2v) is 9.65. The summed E-state index contributed by atoms with van der Waals surface area (Å²) < 4.78 is 22.8. The van der Waals surface area contributed by atoms with Gasteiger partial charge in [0.15, 0.2) is 17.9 Å². The minimum atomic E-state index is -1.43. The highest BCUT2D eigenvalue weighted by Crippen LogP contribution is 2.43. The molecule has 2 N–H and O–H groups in total. The predicted molar refractivity (Wildman–Crippen MR) is 157 cm³/mol. The molecule has 1 heterocycles. The first-order valence-electron chi connectivity index (χ1n) is 13.6. The highest BCUT2D eigenvalue weighted by molar-refractivity contribution is 6.01. The van der Waals surface area contributed by atoms with E-state index in [-0.39, 0.29) is 32.0 Å². The number of benzene rings is 3. The number of amides is 1. The van der Waals surface area contributed by atoms with E-state index in [2.05, 4.69) is 15.3 Å². The zero-order valence-electron chi connectivity index (χ0n) is 23.7. The number of aliphatic hydroxyl groups excluding tert-OH is 1. The van der Waals surface area contributed by atoms with Crippen LogP contribution >= 0.6 is 0 Å². The zero-order valence-corrected chi connectivity index (χ0v) is 23.7. The van der Waals surface area contributed by atoms with E-state index in [0.717, 1.165) is 16.7 Å². The third-order valence-corrected chi connectivity index (χ3v) is 6.97. The summed E-state index contributed by atoms with van der Waals surface area (Å²) in [5.41, 5.74) is 10.6. The molecule has 0 aromatic heterocycles. The van der Waals surface area contributed by atoms with Gasteiger partial charge in [-0.3, -0.25) is 4.79 Å². The lowest BCUT2D eigenvalue weighted by atomic mass is 9.81. The van der Waals surface area contributed by atoms with Crippen molar-refractivity contribution in [2.75, 3.05) is 34.0 Å². The molecule has 0 unspecified atom stereocenters. The van der Waals surface area contributed by atoms with Gasteiger partial charge in [0, 0.05) is 44.1 Å². The molecule has 3 aromatic rings. The fraction of sp³-hybridized carbons (Fsp3) is 0.355. The molecule has 0 saturated carbocycles. The Bertz CT molecular complexity index is 1390. The van der Waals surface area contributed by atoms with Crippen LogP contribution in [-0.4, -0.2) is 62.7 Å². The maximum atomic E-state index is 14.3. The Kier molecular flexibility index (Phi) is 10.9. The van der Waals surface area contributed by atoms with Crippen LogP contribution in [0.4, 0.5) is 0 Å². The van der Waals surface area contributed by atoms with E-state index < -0.39 is 17.9 Å². The van der Waals surface area contributed by atoms with Crippen LogP contribution in [0.3, 0.4) is 0 Å². The molecule has 0 bridgehead atoms. The number of azide groups is 1. The Morgan fingerprint density at radius 2 is 1.76 bits per heavy atom. The summed E-state index contributed by atoms with van der Waals surface area (Å²) in [6, 6.07) is 24.2. The Hall–Kier alpha value is -4.41. The van der Waals surface area contributed by atoms with Crippen LogP contribution in [0.1, 0.15) is 34.8 Å². The van der Waals surface area contributed by atoms with E-state index in [1.54, 1.807) is 12.1 Å². The van der Waals surface area contributed by atoms with Gasteiger partial charge in [0.1, 0.15) is 5.75 Å². The molecular formula is C31H35N5O6. The molecule has 1 amide bonds. The minimum Gasteiger partial charge on any atom is -0.494 e. The van der Waals surface area contributed by atoms with Gasteiger partial charge in [0.25, 0.3) is 5.91 Å². The Balaban J connectivity index is 1.79.